The lowest BCUT2D eigenvalue weighted by atomic mass is 10.0. The van der Waals surface area contributed by atoms with Crippen molar-refractivity contribution < 1.29 is 9.68 Å². The molecule has 0 amide bonds. The minimum Gasteiger partial charge on any atom is -0.537 e. The summed E-state index contributed by atoms with van der Waals surface area (Å²) in [5.74, 6) is 0.601. The first kappa shape index (κ1) is 15.1. The molecule has 0 saturated carbocycles. The Morgan fingerprint density at radius 2 is 1.54 bits per heavy atom. The second-order valence-electron chi connectivity index (χ2n) is 6.25. The van der Waals surface area contributed by atoms with Crippen LogP contribution in [0.25, 0.3) is 38.3 Å². The average molecular weight is 336 g/mol. The summed E-state index contributed by atoms with van der Waals surface area (Å²) < 4.78 is 7.44. The molecule has 0 aliphatic heterocycles. The number of rotatable bonds is 3. The van der Waals surface area contributed by atoms with Crippen LogP contribution in [0.4, 0.5) is 0 Å². The van der Waals surface area contributed by atoms with Gasteiger partial charge in [0.25, 0.3) is 0 Å². The monoisotopic (exact) mass is 336 g/mol. The second-order valence-corrected chi connectivity index (χ2v) is 6.25. The maximum atomic E-state index is 9.01. The van der Waals surface area contributed by atoms with E-state index in [9.17, 15) is 0 Å². The van der Waals surface area contributed by atoms with Crippen LogP contribution >= 0.6 is 0 Å². The quantitative estimate of drug-likeness (QED) is 0.478. The maximum Gasteiger partial charge on any atom is 0.569 e. The fraction of sp³-hybridized carbons (Fsp3) is 0. The van der Waals surface area contributed by atoms with Gasteiger partial charge in [0.15, 0.2) is 0 Å². The Balaban J connectivity index is 1.98. The molecule has 1 aromatic heterocycles. The van der Waals surface area contributed by atoms with E-state index in [1.807, 2.05) is 30.3 Å². The molecule has 0 aliphatic rings. The molecule has 3 nitrogen and oxygen atoms in total. The first-order valence-corrected chi connectivity index (χ1v) is 8.51. The van der Waals surface area contributed by atoms with Gasteiger partial charge in [0.05, 0.1) is 11.0 Å². The molecule has 1 heterocycles. The van der Waals surface area contributed by atoms with Crippen molar-refractivity contribution in [2.24, 2.45) is 0 Å². The van der Waals surface area contributed by atoms with Crippen LogP contribution < -0.4 is 4.65 Å². The van der Waals surface area contributed by atoms with Gasteiger partial charge in [0, 0.05) is 22.5 Å². The number of para-hydroxylation sites is 1. The number of aromatic nitrogens is 1. The summed E-state index contributed by atoms with van der Waals surface area (Å²) in [6, 6.07) is 29.0. The van der Waals surface area contributed by atoms with E-state index in [-0.39, 0.29) is 0 Å². The average Bonchev–Trinajstić information content (AvgIpc) is 3.03. The molecule has 4 aromatic carbocycles. The molecule has 5 rings (SSSR count). The molecule has 4 heteroatoms. The van der Waals surface area contributed by atoms with Crippen molar-refractivity contribution >= 4 is 40.3 Å². The van der Waals surface area contributed by atoms with Gasteiger partial charge in [-0.1, -0.05) is 48.5 Å². The number of nitrogens with zero attached hydrogens (tertiary/aromatic N) is 1. The van der Waals surface area contributed by atoms with E-state index in [0.29, 0.717) is 13.4 Å². The lowest BCUT2D eigenvalue weighted by Crippen LogP contribution is -2.00. The van der Waals surface area contributed by atoms with Crippen LogP contribution in [0.3, 0.4) is 0 Å². The number of fused-ring (bicyclic) bond motifs is 5. The Hall–Kier alpha value is -3.24. The van der Waals surface area contributed by atoms with Crippen LogP contribution in [0.5, 0.6) is 5.75 Å². The molecule has 0 aliphatic carbocycles. The van der Waals surface area contributed by atoms with Crippen molar-refractivity contribution in [1.82, 2.24) is 4.57 Å². The minimum absolute atomic E-state index is 0.601. The van der Waals surface area contributed by atoms with Crippen molar-refractivity contribution in [1.29, 1.82) is 0 Å². The zero-order valence-corrected chi connectivity index (χ0v) is 14.0. The molecule has 1 radical (unpaired) electrons. The van der Waals surface area contributed by atoms with Crippen molar-refractivity contribution in [3.8, 4) is 11.4 Å². The van der Waals surface area contributed by atoms with E-state index in [0.717, 1.165) is 22.1 Å². The molecule has 123 valence electrons. The third-order valence-corrected chi connectivity index (χ3v) is 4.83. The van der Waals surface area contributed by atoms with Crippen molar-refractivity contribution in [3.63, 3.8) is 0 Å². The van der Waals surface area contributed by atoms with Gasteiger partial charge in [0.1, 0.15) is 5.75 Å². The van der Waals surface area contributed by atoms with Gasteiger partial charge < -0.3 is 14.2 Å². The minimum atomic E-state index is 0.601. The smallest absolute Gasteiger partial charge is 0.537 e. The molecule has 0 fully saturated rings. The summed E-state index contributed by atoms with van der Waals surface area (Å²) >= 11 is 0. The van der Waals surface area contributed by atoms with Gasteiger partial charge >= 0.3 is 7.69 Å². The SMILES string of the molecule is O[B]Oc1ccc2c3c4ccccc4ccc3n(-c3ccccc3)c2c1. The molecule has 0 atom stereocenters. The summed E-state index contributed by atoms with van der Waals surface area (Å²) in [5, 5.41) is 13.8. The highest BCUT2D eigenvalue weighted by Gasteiger charge is 2.15. The lowest BCUT2D eigenvalue weighted by molar-refractivity contribution is 0.454. The fourth-order valence-corrected chi connectivity index (χ4v) is 3.76. The molecule has 26 heavy (non-hydrogen) atoms. The highest BCUT2D eigenvalue weighted by molar-refractivity contribution is 6.22. The number of hydrogen-bond acceptors (Lipinski definition) is 2. The Labute approximate surface area is 151 Å². The summed E-state index contributed by atoms with van der Waals surface area (Å²) in [6.45, 7) is 0. The Morgan fingerprint density at radius 3 is 2.38 bits per heavy atom. The van der Waals surface area contributed by atoms with Crippen LogP contribution in [0.15, 0.2) is 84.9 Å². The van der Waals surface area contributed by atoms with Crippen molar-refractivity contribution in [2.45, 2.75) is 0 Å². The fourth-order valence-electron chi connectivity index (χ4n) is 3.76. The Morgan fingerprint density at radius 1 is 0.731 bits per heavy atom. The van der Waals surface area contributed by atoms with Crippen LogP contribution in [0.2, 0.25) is 0 Å². The van der Waals surface area contributed by atoms with Gasteiger partial charge in [-0.2, -0.15) is 0 Å². The zero-order valence-electron chi connectivity index (χ0n) is 14.0. The standard InChI is InChI=1S/C22H15BNO2/c25-23-26-17-11-12-19-21(14-17)24(16-7-2-1-3-8-16)20-13-10-15-6-4-5-9-18(15)22(19)20/h1-14,25H. The first-order valence-electron chi connectivity index (χ1n) is 8.51. The van der Waals surface area contributed by atoms with Crippen LogP contribution in [0.1, 0.15) is 0 Å². The van der Waals surface area contributed by atoms with Crippen LogP contribution in [-0.4, -0.2) is 17.3 Å². The third-order valence-electron chi connectivity index (χ3n) is 4.83. The van der Waals surface area contributed by atoms with E-state index >= 15 is 0 Å². The topological polar surface area (TPSA) is 34.4 Å². The predicted octanol–water partition coefficient (Wildman–Crippen LogP) is 4.84. The van der Waals surface area contributed by atoms with Crippen molar-refractivity contribution in [3.05, 3.63) is 84.9 Å². The van der Waals surface area contributed by atoms with Gasteiger partial charge in [-0.25, -0.2) is 0 Å². The maximum absolute atomic E-state index is 9.01. The summed E-state index contributed by atoms with van der Waals surface area (Å²) in [5.41, 5.74) is 3.28. The zero-order chi connectivity index (χ0) is 17.5. The summed E-state index contributed by atoms with van der Waals surface area (Å²) in [7, 11) is 0.714. The Kier molecular flexibility index (Phi) is 3.44. The molecule has 0 spiro atoms. The normalized spacial score (nSPS) is 11.3. The summed E-state index contributed by atoms with van der Waals surface area (Å²) in [6.07, 6.45) is 0. The molecular formula is C22H15BNO2. The molecule has 0 bridgehead atoms. The van der Waals surface area contributed by atoms with Gasteiger partial charge in [-0.15, -0.1) is 0 Å². The van der Waals surface area contributed by atoms with E-state index in [2.05, 4.69) is 59.2 Å². The highest BCUT2D eigenvalue weighted by Crippen LogP contribution is 2.38. The molecule has 0 saturated heterocycles. The van der Waals surface area contributed by atoms with E-state index < -0.39 is 0 Å². The van der Waals surface area contributed by atoms with Gasteiger partial charge in [-0.05, 0) is 41.1 Å². The van der Waals surface area contributed by atoms with Crippen LogP contribution in [-0.2, 0) is 0 Å². The first-order chi connectivity index (χ1) is 12.9. The summed E-state index contributed by atoms with van der Waals surface area (Å²) in [4.78, 5) is 0. The number of benzene rings is 4. The van der Waals surface area contributed by atoms with Gasteiger partial charge in [-0.3, -0.25) is 0 Å². The van der Waals surface area contributed by atoms with E-state index in [1.165, 1.54) is 16.2 Å². The predicted molar refractivity (Wildman–Crippen MR) is 107 cm³/mol. The molecule has 5 aromatic rings. The largest absolute Gasteiger partial charge is 0.569 e. The number of hydrogen-bond donors (Lipinski definition) is 1. The Bertz CT molecular complexity index is 1240. The second kappa shape index (κ2) is 5.93. The van der Waals surface area contributed by atoms with E-state index in [1.54, 1.807) is 0 Å². The van der Waals surface area contributed by atoms with Crippen molar-refractivity contribution in [2.75, 3.05) is 0 Å². The van der Waals surface area contributed by atoms with E-state index in [4.69, 9.17) is 9.68 Å². The molecular weight excluding hydrogens is 321 g/mol. The third kappa shape index (κ3) is 2.20. The highest BCUT2D eigenvalue weighted by atomic mass is 16.5. The van der Waals surface area contributed by atoms with Gasteiger partial charge in [0.2, 0.25) is 0 Å². The molecule has 1 N–H and O–H groups in total. The molecule has 0 unspecified atom stereocenters. The van der Waals surface area contributed by atoms with Crippen LogP contribution in [0, 0.1) is 0 Å². The lowest BCUT2D eigenvalue weighted by Gasteiger charge is -2.08.